The van der Waals surface area contributed by atoms with Crippen molar-refractivity contribution in [2.75, 3.05) is 7.11 Å². The summed E-state index contributed by atoms with van der Waals surface area (Å²) < 4.78 is 9.98. The Morgan fingerprint density at radius 2 is 2.07 bits per heavy atom. The number of ketones is 1. The van der Waals surface area contributed by atoms with Gasteiger partial charge in [-0.3, -0.25) is 4.79 Å². The first-order valence-corrected chi connectivity index (χ1v) is 4.53. The summed E-state index contributed by atoms with van der Waals surface area (Å²) in [6, 6.07) is 8.75. The van der Waals surface area contributed by atoms with E-state index in [1.165, 1.54) is 12.5 Å². The van der Waals surface area contributed by atoms with Crippen molar-refractivity contribution >= 4 is 5.78 Å². The third-order valence-corrected chi connectivity index (χ3v) is 2.13. The largest absolute Gasteiger partial charge is 0.496 e. The summed E-state index contributed by atoms with van der Waals surface area (Å²) in [6.07, 6.45) is 2.90. The molecule has 1 heterocycles. The van der Waals surface area contributed by atoms with E-state index in [-0.39, 0.29) is 5.78 Å². The average Bonchev–Trinajstić information content (AvgIpc) is 2.81. The van der Waals surface area contributed by atoms with E-state index in [1.54, 1.807) is 31.4 Å². The maximum atomic E-state index is 11.9. The van der Waals surface area contributed by atoms with Crippen LogP contribution in [0.15, 0.2) is 47.3 Å². The standard InChI is InChI=1S/C12H10O3/c1-14-11-5-3-2-4-10(11)12(13)9-6-7-15-8-9/h2-8H,1H3. The van der Waals surface area contributed by atoms with E-state index in [4.69, 9.17) is 9.15 Å². The van der Waals surface area contributed by atoms with Crippen LogP contribution in [0.2, 0.25) is 0 Å². The van der Waals surface area contributed by atoms with E-state index >= 15 is 0 Å². The van der Waals surface area contributed by atoms with Crippen LogP contribution in [0.5, 0.6) is 5.75 Å². The third-order valence-electron chi connectivity index (χ3n) is 2.13. The van der Waals surface area contributed by atoms with Gasteiger partial charge in [-0.05, 0) is 18.2 Å². The van der Waals surface area contributed by atoms with Crippen LogP contribution in [0.3, 0.4) is 0 Å². The molecular weight excluding hydrogens is 192 g/mol. The minimum atomic E-state index is -0.0961. The van der Waals surface area contributed by atoms with Gasteiger partial charge in [0.2, 0.25) is 0 Å². The smallest absolute Gasteiger partial charge is 0.199 e. The molecule has 0 aliphatic rings. The first-order chi connectivity index (χ1) is 7.33. The number of rotatable bonds is 3. The van der Waals surface area contributed by atoms with Gasteiger partial charge in [-0.25, -0.2) is 0 Å². The maximum Gasteiger partial charge on any atom is 0.199 e. The van der Waals surface area contributed by atoms with Gasteiger partial charge < -0.3 is 9.15 Å². The summed E-state index contributed by atoms with van der Waals surface area (Å²) >= 11 is 0. The maximum absolute atomic E-state index is 11.9. The predicted octanol–water partition coefficient (Wildman–Crippen LogP) is 2.52. The molecule has 0 radical (unpaired) electrons. The van der Waals surface area contributed by atoms with Gasteiger partial charge in [-0.2, -0.15) is 0 Å². The molecule has 0 aliphatic carbocycles. The molecule has 0 spiro atoms. The normalized spacial score (nSPS) is 9.93. The van der Waals surface area contributed by atoms with Gasteiger partial charge in [0.15, 0.2) is 5.78 Å². The molecule has 76 valence electrons. The first-order valence-electron chi connectivity index (χ1n) is 4.53. The molecule has 0 unspecified atom stereocenters. The van der Waals surface area contributed by atoms with Crippen molar-refractivity contribution in [3.63, 3.8) is 0 Å². The summed E-state index contributed by atoms with van der Waals surface area (Å²) in [5.74, 6) is 0.477. The summed E-state index contributed by atoms with van der Waals surface area (Å²) in [7, 11) is 1.54. The lowest BCUT2D eigenvalue weighted by Gasteiger charge is -2.05. The number of carbonyl (C=O) groups is 1. The zero-order valence-electron chi connectivity index (χ0n) is 8.27. The van der Waals surface area contributed by atoms with Gasteiger partial charge in [0.25, 0.3) is 0 Å². The molecule has 0 bridgehead atoms. The SMILES string of the molecule is COc1ccccc1C(=O)c1ccoc1. The Balaban J connectivity index is 2.42. The molecule has 15 heavy (non-hydrogen) atoms. The fourth-order valence-electron chi connectivity index (χ4n) is 1.38. The van der Waals surface area contributed by atoms with Crippen molar-refractivity contribution in [3.05, 3.63) is 54.0 Å². The number of hydrogen-bond acceptors (Lipinski definition) is 3. The number of hydrogen-bond donors (Lipinski definition) is 0. The van der Waals surface area contributed by atoms with Crippen LogP contribution in [0.1, 0.15) is 15.9 Å². The lowest BCUT2D eigenvalue weighted by atomic mass is 10.1. The number of benzene rings is 1. The van der Waals surface area contributed by atoms with E-state index in [0.717, 1.165) is 0 Å². The van der Waals surface area contributed by atoms with Gasteiger partial charge >= 0.3 is 0 Å². The lowest BCUT2D eigenvalue weighted by molar-refractivity contribution is 0.103. The molecule has 0 saturated heterocycles. The molecule has 0 fully saturated rings. The molecule has 0 aliphatic heterocycles. The van der Waals surface area contributed by atoms with Gasteiger partial charge in [0.05, 0.1) is 24.5 Å². The Morgan fingerprint density at radius 1 is 1.27 bits per heavy atom. The molecular formula is C12H10O3. The molecule has 1 aromatic heterocycles. The van der Waals surface area contributed by atoms with Crippen molar-refractivity contribution in [1.82, 2.24) is 0 Å². The molecule has 0 amide bonds. The fourth-order valence-corrected chi connectivity index (χ4v) is 1.38. The van der Waals surface area contributed by atoms with Gasteiger partial charge in [-0.15, -0.1) is 0 Å². The van der Waals surface area contributed by atoms with Crippen LogP contribution < -0.4 is 4.74 Å². The van der Waals surface area contributed by atoms with Crippen molar-refractivity contribution in [1.29, 1.82) is 0 Å². The van der Waals surface area contributed by atoms with Crippen LogP contribution in [0, 0.1) is 0 Å². The Labute approximate surface area is 87.3 Å². The van der Waals surface area contributed by atoms with Crippen molar-refractivity contribution in [2.45, 2.75) is 0 Å². The van der Waals surface area contributed by atoms with Crippen LogP contribution >= 0.6 is 0 Å². The quantitative estimate of drug-likeness (QED) is 0.718. The number of para-hydroxylation sites is 1. The highest BCUT2D eigenvalue weighted by atomic mass is 16.5. The summed E-state index contributed by atoms with van der Waals surface area (Å²) in [4.78, 5) is 11.9. The van der Waals surface area contributed by atoms with E-state index in [1.807, 2.05) is 6.07 Å². The Morgan fingerprint density at radius 3 is 2.73 bits per heavy atom. The number of carbonyl (C=O) groups excluding carboxylic acids is 1. The molecule has 0 N–H and O–H groups in total. The van der Waals surface area contributed by atoms with Gasteiger partial charge in [-0.1, -0.05) is 12.1 Å². The topological polar surface area (TPSA) is 39.4 Å². The molecule has 2 rings (SSSR count). The van der Waals surface area contributed by atoms with Gasteiger partial charge in [0, 0.05) is 0 Å². The Kier molecular flexibility index (Phi) is 2.54. The highest BCUT2D eigenvalue weighted by molar-refractivity contribution is 6.10. The zero-order valence-corrected chi connectivity index (χ0v) is 8.27. The minimum absolute atomic E-state index is 0.0961. The van der Waals surface area contributed by atoms with Crippen molar-refractivity contribution < 1.29 is 13.9 Å². The molecule has 0 saturated carbocycles. The number of ether oxygens (including phenoxy) is 1. The zero-order chi connectivity index (χ0) is 10.7. The highest BCUT2D eigenvalue weighted by Gasteiger charge is 2.14. The monoisotopic (exact) mass is 202 g/mol. The number of methoxy groups -OCH3 is 1. The first kappa shape index (κ1) is 9.52. The molecule has 2 aromatic rings. The Bertz CT molecular complexity index is 457. The van der Waals surface area contributed by atoms with E-state index in [0.29, 0.717) is 16.9 Å². The van der Waals surface area contributed by atoms with E-state index in [2.05, 4.69) is 0 Å². The van der Waals surface area contributed by atoms with Crippen molar-refractivity contribution in [3.8, 4) is 5.75 Å². The summed E-state index contributed by atoms with van der Waals surface area (Å²) in [5, 5.41) is 0. The molecule has 1 aromatic carbocycles. The highest BCUT2D eigenvalue weighted by Crippen LogP contribution is 2.20. The van der Waals surface area contributed by atoms with Crippen LogP contribution in [0.4, 0.5) is 0 Å². The predicted molar refractivity (Wildman–Crippen MR) is 55.1 cm³/mol. The third kappa shape index (κ3) is 1.76. The lowest BCUT2D eigenvalue weighted by Crippen LogP contribution is -2.02. The van der Waals surface area contributed by atoms with E-state index < -0.39 is 0 Å². The van der Waals surface area contributed by atoms with Crippen LogP contribution in [-0.2, 0) is 0 Å². The second-order valence-electron chi connectivity index (χ2n) is 3.04. The van der Waals surface area contributed by atoms with E-state index in [9.17, 15) is 4.79 Å². The minimum Gasteiger partial charge on any atom is -0.496 e. The molecule has 3 heteroatoms. The number of furan rings is 1. The van der Waals surface area contributed by atoms with Crippen molar-refractivity contribution in [2.24, 2.45) is 0 Å². The second-order valence-corrected chi connectivity index (χ2v) is 3.04. The average molecular weight is 202 g/mol. The summed E-state index contributed by atoms with van der Waals surface area (Å²) in [5.41, 5.74) is 1.07. The fraction of sp³-hybridized carbons (Fsp3) is 0.0833. The molecule has 0 atom stereocenters. The van der Waals surface area contributed by atoms with Gasteiger partial charge in [0.1, 0.15) is 12.0 Å². The Hall–Kier alpha value is -2.03. The second kappa shape index (κ2) is 4.00. The summed E-state index contributed by atoms with van der Waals surface area (Å²) in [6.45, 7) is 0. The molecule has 3 nitrogen and oxygen atoms in total. The van der Waals surface area contributed by atoms with Crippen LogP contribution in [-0.4, -0.2) is 12.9 Å². The van der Waals surface area contributed by atoms with Crippen LogP contribution in [0.25, 0.3) is 0 Å².